The van der Waals surface area contributed by atoms with Crippen molar-refractivity contribution in [3.63, 3.8) is 0 Å². The van der Waals surface area contributed by atoms with Crippen molar-refractivity contribution in [2.24, 2.45) is 0 Å². The molecule has 2 N–H and O–H groups in total. The summed E-state index contributed by atoms with van der Waals surface area (Å²) in [5, 5.41) is 20.1. The number of hydrogen-bond acceptors (Lipinski definition) is 5. The highest BCUT2D eigenvalue weighted by molar-refractivity contribution is 5.78. The lowest BCUT2D eigenvalue weighted by Gasteiger charge is -2.34. The molecule has 0 saturated carbocycles. The van der Waals surface area contributed by atoms with Gasteiger partial charge in [-0.05, 0) is 6.42 Å². The molecule has 1 aromatic rings. The zero-order valence-corrected chi connectivity index (χ0v) is 9.83. The van der Waals surface area contributed by atoms with Crippen LogP contribution >= 0.6 is 0 Å². The second-order valence-electron chi connectivity index (χ2n) is 4.07. The van der Waals surface area contributed by atoms with Gasteiger partial charge in [0.1, 0.15) is 11.9 Å². The molecule has 94 valence electrons. The molecule has 0 spiro atoms. The van der Waals surface area contributed by atoms with Crippen LogP contribution in [0.4, 0.5) is 5.82 Å². The number of carbonyl (C=O) groups is 1. The minimum Gasteiger partial charge on any atom is -0.480 e. The molecule has 0 aliphatic carbocycles. The van der Waals surface area contributed by atoms with Gasteiger partial charge in [-0.1, -0.05) is 12.1 Å². The van der Waals surface area contributed by atoms with Crippen LogP contribution in [-0.2, 0) is 11.3 Å². The monoisotopic (exact) mass is 239 g/mol. The fourth-order valence-corrected chi connectivity index (χ4v) is 2.04. The third-order valence-electron chi connectivity index (χ3n) is 2.86. The molecule has 1 fully saturated rings. The average Bonchev–Trinajstić information content (AvgIpc) is 2.77. The smallest absolute Gasteiger partial charge is 0.327 e. The van der Waals surface area contributed by atoms with Crippen LogP contribution in [0.15, 0.2) is 6.20 Å². The highest BCUT2D eigenvalue weighted by Gasteiger charge is 2.30. The van der Waals surface area contributed by atoms with E-state index >= 15 is 0 Å². The molecule has 1 unspecified atom stereocenters. The van der Waals surface area contributed by atoms with Crippen LogP contribution in [0.1, 0.15) is 13.3 Å². The molecule has 1 aromatic heterocycles. The van der Waals surface area contributed by atoms with Crippen molar-refractivity contribution in [3.05, 3.63) is 6.20 Å². The summed E-state index contributed by atoms with van der Waals surface area (Å²) in [6.45, 7) is 4.70. The number of rotatable bonds is 4. The van der Waals surface area contributed by atoms with Crippen molar-refractivity contribution in [3.8, 4) is 0 Å². The van der Waals surface area contributed by atoms with E-state index in [1.165, 1.54) is 0 Å². The zero-order valence-electron chi connectivity index (χ0n) is 9.83. The standard InChI is InChI=1S/C10H17N5O2/c1-2-4-15-9(7-12-13-15)14-5-3-11-6-8(14)10(16)17/h7-8,11H,2-6H2,1H3,(H,16,17). The second-order valence-corrected chi connectivity index (χ2v) is 4.07. The molecular formula is C10H17N5O2. The number of anilines is 1. The maximum atomic E-state index is 11.2. The Kier molecular flexibility index (Phi) is 3.58. The summed E-state index contributed by atoms with van der Waals surface area (Å²) in [6.07, 6.45) is 2.58. The minimum absolute atomic E-state index is 0.451. The van der Waals surface area contributed by atoms with E-state index in [4.69, 9.17) is 0 Å². The van der Waals surface area contributed by atoms with Gasteiger partial charge in [0.2, 0.25) is 0 Å². The van der Waals surface area contributed by atoms with E-state index in [0.717, 1.165) is 25.3 Å². The number of carboxylic acid groups (broad SMARTS) is 1. The van der Waals surface area contributed by atoms with Crippen molar-refractivity contribution in [1.29, 1.82) is 0 Å². The maximum absolute atomic E-state index is 11.2. The second kappa shape index (κ2) is 5.13. The summed E-state index contributed by atoms with van der Waals surface area (Å²) >= 11 is 0. The van der Waals surface area contributed by atoms with Crippen molar-refractivity contribution in [1.82, 2.24) is 20.3 Å². The van der Waals surface area contributed by atoms with E-state index in [1.54, 1.807) is 10.9 Å². The highest BCUT2D eigenvalue weighted by atomic mass is 16.4. The van der Waals surface area contributed by atoms with Gasteiger partial charge in [0.15, 0.2) is 0 Å². The first kappa shape index (κ1) is 11.8. The SMILES string of the molecule is CCCn1nncc1N1CCNCC1C(=O)O. The molecule has 1 saturated heterocycles. The quantitative estimate of drug-likeness (QED) is 0.740. The molecule has 7 nitrogen and oxygen atoms in total. The number of hydrogen-bond donors (Lipinski definition) is 2. The molecule has 17 heavy (non-hydrogen) atoms. The number of nitrogens with one attached hydrogen (secondary N) is 1. The van der Waals surface area contributed by atoms with E-state index in [0.29, 0.717) is 13.1 Å². The Hall–Kier alpha value is -1.63. The van der Waals surface area contributed by atoms with Gasteiger partial charge >= 0.3 is 5.97 Å². The fraction of sp³-hybridized carbons (Fsp3) is 0.700. The molecule has 0 bridgehead atoms. The lowest BCUT2D eigenvalue weighted by atomic mass is 10.2. The van der Waals surface area contributed by atoms with Crippen LogP contribution in [-0.4, -0.2) is 51.7 Å². The average molecular weight is 239 g/mol. The lowest BCUT2D eigenvalue weighted by Crippen LogP contribution is -2.55. The van der Waals surface area contributed by atoms with E-state index in [-0.39, 0.29) is 0 Å². The summed E-state index contributed by atoms with van der Waals surface area (Å²) in [6, 6.07) is -0.544. The normalized spacial score (nSPS) is 20.5. The lowest BCUT2D eigenvalue weighted by molar-refractivity contribution is -0.138. The van der Waals surface area contributed by atoms with Crippen LogP contribution in [0.25, 0.3) is 0 Å². The Labute approximate surface area is 99.4 Å². The number of piperazine rings is 1. The van der Waals surface area contributed by atoms with E-state index in [1.807, 2.05) is 4.90 Å². The molecule has 1 aliphatic rings. The number of aryl methyl sites for hydroxylation is 1. The molecule has 0 radical (unpaired) electrons. The zero-order chi connectivity index (χ0) is 12.3. The Morgan fingerprint density at radius 1 is 1.71 bits per heavy atom. The summed E-state index contributed by atoms with van der Waals surface area (Å²) in [4.78, 5) is 13.1. The molecule has 2 rings (SSSR count). The first-order chi connectivity index (χ1) is 8.24. The molecule has 1 atom stereocenters. The first-order valence-corrected chi connectivity index (χ1v) is 5.82. The Bertz CT molecular complexity index is 392. The van der Waals surface area contributed by atoms with Gasteiger partial charge in [0.05, 0.1) is 6.20 Å². The molecular weight excluding hydrogens is 222 g/mol. The molecule has 7 heteroatoms. The number of carboxylic acids is 1. The van der Waals surface area contributed by atoms with Gasteiger partial charge in [0, 0.05) is 26.2 Å². The van der Waals surface area contributed by atoms with E-state index in [9.17, 15) is 9.90 Å². The highest BCUT2D eigenvalue weighted by Crippen LogP contribution is 2.17. The molecule has 2 heterocycles. The summed E-state index contributed by atoms with van der Waals surface area (Å²) < 4.78 is 1.77. The van der Waals surface area contributed by atoms with Crippen LogP contribution in [0.2, 0.25) is 0 Å². The van der Waals surface area contributed by atoms with Crippen molar-refractivity contribution in [2.75, 3.05) is 24.5 Å². The number of nitrogens with zero attached hydrogens (tertiary/aromatic N) is 4. The van der Waals surface area contributed by atoms with E-state index in [2.05, 4.69) is 22.6 Å². The Morgan fingerprint density at radius 2 is 2.53 bits per heavy atom. The van der Waals surface area contributed by atoms with Crippen molar-refractivity contribution >= 4 is 11.8 Å². The van der Waals surface area contributed by atoms with Crippen molar-refractivity contribution < 1.29 is 9.90 Å². The van der Waals surface area contributed by atoms with Crippen LogP contribution in [0.3, 0.4) is 0 Å². The topological polar surface area (TPSA) is 83.3 Å². The fourth-order valence-electron chi connectivity index (χ4n) is 2.04. The molecule has 0 amide bonds. The van der Waals surface area contributed by atoms with Gasteiger partial charge < -0.3 is 15.3 Å². The van der Waals surface area contributed by atoms with Crippen molar-refractivity contribution in [2.45, 2.75) is 25.9 Å². The third kappa shape index (κ3) is 2.38. The van der Waals surface area contributed by atoms with E-state index < -0.39 is 12.0 Å². The van der Waals surface area contributed by atoms with Gasteiger partial charge in [-0.25, -0.2) is 9.48 Å². The van der Waals surface area contributed by atoms with Crippen LogP contribution in [0, 0.1) is 0 Å². The van der Waals surface area contributed by atoms with Gasteiger partial charge in [-0.3, -0.25) is 0 Å². The summed E-state index contributed by atoms with van der Waals surface area (Å²) in [5.74, 6) is -0.0257. The summed E-state index contributed by atoms with van der Waals surface area (Å²) in [5.41, 5.74) is 0. The van der Waals surface area contributed by atoms with Crippen LogP contribution in [0.5, 0.6) is 0 Å². The minimum atomic E-state index is -0.818. The van der Waals surface area contributed by atoms with Crippen LogP contribution < -0.4 is 10.2 Å². The number of aliphatic carboxylic acids is 1. The van der Waals surface area contributed by atoms with Gasteiger partial charge in [-0.15, -0.1) is 5.10 Å². The molecule has 0 aromatic carbocycles. The van der Waals surface area contributed by atoms with Gasteiger partial charge in [0.25, 0.3) is 0 Å². The van der Waals surface area contributed by atoms with Gasteiger partial charge in [-0.2, -0.15) is 0 Å². The predicted molar refractivity (Wildman–Crippen MR) is 62.0 cm³/mol. The maximum Gasteiger partial charge on any atom is 0.327 e. The predicted octanol–water partition coefficient (Wildman–Crippen LogP) is -0.449. The summed E-state index contributed by atoms with van der Waals surface area (Å²) in [7, 11) is 0. The first-order valence-electron chi connectivity index (χ1n) is 5.82. The third-order valence-corrected chi connectivity index (χ3v) is 2.86. The Balaban J connectivity index is 2.23. The molecule has 1 aliphatic heterocycles. The Morgan fingerprint density at radius 3 is 3.24 bits per heavy atom. The largest absolute Gasteiger partial charge is 0.480 e. The number of aromatic nitrogens is 3.